The highest BCUT2D eigenvalue weighted by molar-refractivity contribution is 5.35. The van der Waals surface area contributed by atoms with Gasteiger partial charge in [-0.25, -0.2) is 0 Å². The zero-order chi connectivity index (χ0) is 14.2. The van der Waals surface area contributed by atoms with E-state index in [0.717, 1.165) is 18.5 Å². The Morgan fingerprint density at radius 3 is 2.20 bits per heavy atom. The van der Waals surface area contributed by atoms with Crippen LogP contribution in [-0.4, -0.2) is 13.1 Å². The van der Waals surface area contributed by atoms with Crippen LogP contribution in [0.3, 0.4) is 0 Å². The summed E-state index contributed by atoms with van der Waals surface area (Å²) < 4.78 is 0. The molecule has 2 fully saturated rings. The number of hydrogen-bond acceptors (Lipinski definition) is 1. The van der Waals surface area contributed by atoms with Gasteiger partial charge in [-0.1, -0.05) is 51.5 Å². The normalized spacial score (nSPS) is 22.6. The van der Waals surface area contributed by atoms with Crippen LogP contribution in [0.1, 0.15) is 69.9 Å². The molecule has 1 aromatic carbocycles. The van der Waals surface area contributed by atoms with E-state index in [9.17, 15) is 0 Å². The number of likely N-dealkylation sites (N-methyl/N-ethyl adjacent to an activating group) is 1. The second-order valence-corrected chi connectivity index (χ2v) is 7.54. The van der Waals surface area contributed by atoms with Crippen molar-refractivity contribution in [3.05, 3.63) is 35.4 Å². The fraction of sp³-hybridized carbons (Fsp3) is 0.684. The Hall–Kier alpha value is -0.820. The fourth-order valence-corrected chi connectivity index (χ4v) is 4.43. The summed E-state index contributed by atoms with van der Waals surface area (Å²) in [5, 5.41) is 3.61. The number of benzene rings is 1. The Balaban J connectivity index is 1.79. The first-order valence-electron chi connectivity index (χ1n) is 8.40. The van der Waals surface area contributed by atoms with Gasteiger partial charge in [0, 0.05) is 12.0 Å². The van der Waals surface area contributed by atoms with E-state index in [1.807, 2.05) is 0 Å². The van der Waals surface area contributed by atoms with Crippen LogP contribution in [-0.2, 0) is 5.41 Å². The topological polar surface area (TPSA) is 12.0 Å². The van der Waals surface area contributed by atoms with E-state index < -0.39 is 0 Å². The van der Waals surface area contributed by atoms with Gasteiger partial charge in [-0.05, 0) is 54.7 Å². The Kier molecular flexibility index (Phi) is 3.66. The van der Waals surface area contributed by atoms with E-state index in [-0.39, 0.29) is 0 Å². The molecule has 0 bridgehead atoms. The summed E-state index contributed by atoms with van der Waals surface area (Å²) in [5.74, 6) is 0.633. The predicted molar refractivity (Wildman–Crippen MR) is 86.3 cm³/mol. The molecule has 1 spiro atoms. The Morgan fingerprint density at radius 1 is 1.10 bits per heavy atom. The van der Waals surface area contributed by atoms with Crippen molar-refractivity contribution in [2.24, 2.45) is 5.41 Å². The predicted octanol–water partition coefficient (Wildman–Crippen LogP) is 4.62. The molecule has 1 N–H and O–H groups in total. The van der Waals surface area contributed by atoms with Gasteiger partial charge in [-0.2, -0.15) is 0 Å². The summed E-state index contributed by atoms with van der Waals surface area (Å²) in [6, 6.07) is 9.50. The molecule has 1 heteroatoms. The Labute approximate surface area is 124 Å². The van der Waals surface area contributed by atoms with E-state index in [2.05, 4.69) is 50.4 Å². The Morgan fingerprint density at radius 2 is 1.75 bits per heavy atom. The van der Waals surface area contributed by atoms with Crippen molar-refractivity contribution in [1.29, 1.82) is 0 Å². The van der Waals surface area contributed by atoms with Gasteiger partial charge >= 0.3 is 0 Å². The third kappa shape index (κ3) is 2.30. The average Bonchev–Trinajstić information content (AvgIpc) is 2.36. The zero-order valence-electron chi connectivity index (χ0n) is 13.3. The highest BCUT2D eigenvalue weighted by Crippen LogP contribution is 2.64. The lowest BCUT2D eigenvalue weighted by Gasteiger charge is -2.62. The second-order valence-electron chi connectivity index (χ2n) is 7.54. The molecule has 0 atom stereocenters. The summed E-state index contributed by atoms with van der Waals surface area (Å²) >= 11 is 0. The molecule has 2 aliphatic rings. The van der Waals surface area contributed by atoms with Crippen molar-refractivity contribution in [3.8, 4) is 0 Å². The lowest BCUT2D eigenvalue weighted by atomic mass is 9.43. The van der Waals surface area contributed by atoms with Crippen LogP contribution in [0.4, 0.5) is 0 Å². The molecule has 2 saturated carbocycles. The minimum atomic E-state index is 0.423. The molecule has 110 valence electrons. The SMILES string of the molecule is CCNCC1(c2ccc(C(C)C)cc2)CC2(CCC2)C1. The first-order valence-corrected chi connectivity index (χ1v) is 8.40. The summed E-state index contributed by atoms with van der Waals surface area (Å²) in [6.45, 7) is 9.00. The molecule has 1 aromatic rings. The molecule has 0 aliphatic heterocycles. The van der Waals surface area contributed by atoms with Crippen LogP contribution < -0.4 is 5.32 Å². The lowest BCUT2D eigenvalue weighted by molar-refractivity contribution is -0.0480. The minimum Gasteiger partial charge on any atom is -0.316 e. The molecule has 0 unspecified atom stereocenters. The van der Waals surface area contributed by atoms with Crippen LogP contribution >= 0.6 is 0 Å². The second kappa shape index (κ2) is 5.18. The van der Waals surface area contributed by atoms with Gasteiger partial charge in [0.15, 0.2) is 0 Å². The summed E-state index contributed by atoms with van der Waals surface area (Å²) in [5.41, 5.74) is 4.18. The highest BCUT2D eigenvalue weighted by atomic mass is 14.9. The van der Waals surface area contributed by atoms with Crippen molar-refractivity contribution >= 4 is 0 Å². The average molecular weight is 271 g/mol. The van der Waals surface area contributed by atoms with E-state index >= 15 is 0 Å². The van der Waals surface area contributed by atoms with E-state index in [1.165, 1.54) is 37.7 Å². The maximum atomic E-state index is 3.61. The number of hydrogen-bond donors (Lipinski definition) is 1. The molecule has 0 aromatic heterocycles. The van der Waals surface area contributed by atoms with E-state index in [4.69, 9.17) is 0 Å². The van der Waals surface area contributed by atoms with Crippen LogP contribution in [0.5, 0.6) is 0 Å². The molecule has 20 heavy (non-hydrogen) atoms. The van der Waals surface area contributed by atoms with Gasteiger partial charge in [0.1, 0.15) is 0 Å². The van der Waals surface area contributed by atoms with Gasteiger partial charge in [-0.15, -0.1) is 0 Å². The van der Waals surface area contributed by atoms with Crippen LogP contribution in [0.25, 0.3) is 0 Å². The van der Waals surface area contributed by atoms with Gasteiger partial charge in [0.25, 0.3) is 0 Å². The smallest absolute Gasteiger partial charge is 0.00883 e. The third-order valence-electron chi connectivity index (χ3n) is 5.74. The zero-order valence-corrected chi connectivity index (χ0v) is 13.3. The maximum Gasteiger partial charge on any atom is 0.00883 e. The molecular formula is C19H29N. The van der Waals surface area contributed by atoms with Gasteiger partial charge < -0.3 is 5.32 Å². The monoisotopic (exact) mass is 271 g/mol. The van der Waals surface area contributed by atoms with Crippen molar-refractivity contribution in [3.63, 3.8) is 0 Å². The van der Waals surface area contributed by atoms with Crippen LogP contribution in [0.15, 0.2) is 24.3 Å². The van der Waals surface area contributed by atoms with Gasteiger partial charge in [0.2, 0.25) is 0 Å². The quantitative estimate of drug-likeness (QED) is 0.824. The lowest BCUT2D eigenvalue weighted by Crippen LogP contribution is -2.57. The number of nitrogens with one attached hydrogen (secondary N) is 1. The molecule has 3 rings (SSSR count). The van der Waals surface area contributed by atoms with Crippen LogP contribution in [0.2, 0.25) is 0 Å². The molecule has 0 saturated heterocycles. The minimum absolute atomic E-state index is 0.423. The molecule has 0 heterocycles. The largest absolute Gasteiger partial charge is 0.316 e. The van der Waals surface area contributed by atoms with Crippen molar-refractivity contribution in [2.75, 3.05) is 13.1 Å². The van der Waals surface area contributed by atoms with Gasteiger partial charge in [0.05, 0.1) is 0 Å². The standard InChI is InChI=1S/C19H29N/c1-4-20-14-19(12-18(13-19)10-5-11-18)17-8-6-16(7-9-17)15(2)3/h6-9,15,20H,4-5,10-14H2,1-3H3. The van der Waals surface area contributed by atoms with Crippen molar-refractivity contribution in [1.82, 2.24) is 5.32 Å². The molecule has 2 aliphatic carbocycles. The van der Waals surface area contributed by atoms with E-state index in [0.29, 0.717) is 11.3 Å². The van der Waals surface area contributed by atoms with Crippen molar-refractivity contribution < 1.29 is 0 Å². The third-order valence-corrected chi connectivity index (χ3v) is 5.74. The Bertz CT molecular complexity index is 445. The van der Waals surface area contributed by atoms with Crippen LogP contribution in [0, 0.1) is 5.41 Å². The summed E-state index contributed by atoms with van der Waals surface area (Å²) in [6.07, 6.45) is 7.24. The first kappa shape index (κ1) is 14.1. The first-order chi connectivity index (χ1) is 9.59. The molecular weight excluding hydrogens is 242 g/mol. The molecule has 0 radical (unpaired) electrons. The summed E-state index contributed by atoms with van der Waals surface area (Å²) in [7, 11) is 0. The maximum absolute atomic E-state index is 3.61. The summed E-state index contributed by atoms with van der Waals surface area (Å²) in [4.78, 5) is 0. The van der Waals surface area contributed by atoms with Crippen molar-refractivity contribution in [2.45, 2.75) is 64.2 Å². The highest BCUT2D eigenvalue weighted by Gasteiger charge is 2.57. The van der Waals surface area contributed by atoms with Gasteiger partial charge in [-0.3, -0.25) is 0 Å². The molecule has 1 nitrogen and oxygen atoms in total. The van der Waals surface area contributed by atoms with E-state index in [1.54, 1.807) is 5.56 Å². The number of rotatable bonds is 5. The fourth-order valence-electron chi connectivity index (χ4n) is 4.43. The molecule has 0 amide bonds.